The van der Waals surface area contributed by atoms with Crippen LogP contribution in [0, 0.1) is 0 Å². The van der Waals surface area contributed by atoms with E-state index in [4.69, 9.17) is 11.6 Å². The minimum atomic E-state index is 0.554. The Morgan fingerprint density at radius 2 is 1.79 bits per heavy atom. The van der Waals surface area contributed by atoms with Crippen LogP contribution in [0.25, 0.3) is 5.57 Å². The summed E-state index contributed by atoms with van der Waals surface area (Å²) in [6, 6.07) is 15.3. The molecule has 2 aromatic rings. The summed E-state index contributed by atoms with van der Waals surface area (Å²) in [6.07, 6.45) is 1.09. The van der Waals surface area contributed by atoms with Crippen LogP contribution in [0.5, 0.6) is 0 Å². The van der Waals surface area contributed by atoms with Crippen LogP contribution >= 0.6 is 23.4 Å². The second-order valence-corrected chi connectivity index (χ2v) is 7.09. The average Bonchev–Trinajstić information content (AvgIpc) is 3.05. The summed E-state index contributed by atoms with van der Waals surface area (Å²) in [6.45, 7) is 0. The van der Waals surface area contributed by atoms with Crippen LogP contribution in [0.15, 0.2) is 48.0 Å². The lowest BCUT2D eigenvalue weighted by atomic mass is 9.86. The van der Waals surface area contributed by atoms with Crippen molar-refractivity contribution in [3.05, 3.63) is 75.3 Å². The molecule has 5 rings (SSSR count). The third kappa shape index (κ3) is 1.23. The molecule has 2 atom stereocenters. The summed E-state index contributed by atoms with van der Waals surface area (Å²) >= 11 is 8.25. The number of benzene rings is 2. The second kappa shape index (κ2) is 3.47. The number of rotatable bonds is 0. The van der Waals surface area contributed by atoms with E-state index in [1.807, 2.05) is 6.07 Å². The van der Waals surface area contributed by atoms with E-state index in [-0.39, 0.29) is 0 Å². The third-order valence-electron chi connectivity index (χ3n) is 4.50. The fourth-order valence-electron chi connectivity index (χ4n) is 3.75. The maximum absolute atomic E-state index is 6.13. The molecule has 2 unspecified atom stereocenters. The molecule has 0 aromatic heterocycles. The molecule has 3 aliphatic rings. The number of hydrogen-bond donors (Lipinski definition) is 0. The smallest absolute Gasteiger partial charge is 0.0565 e. The lowest BCUT2D eigenvalue weighted by Gasteiger charge is -2.16. The zero-order chi connectivity index (χ0) is 12.6. The van der Waals surface area contributed by atoms with E-state index in [2.05, 4.69) is 48.2 Å². The van der Waals surface area contributed by atoms with Crippen molar-refractivity contribution in [2.24, 2.45) is 0 Å². The van der Waals surface area contributed by atoms with Crippen LogP contribution in [0.4, 0.5) is 0 Å². The van der Waals surface area contributed by atoms with Crippen molar-refractivity contribution in [2.75, 3.05) is 0 Å². The molecule has 0 nitrogen and oxygen atoms in total. The van der Waals surface area contributed by atoms with Crippen LogP contribution in [0.3, 0.4) is 0 Å². The molecular weight excluding hydrogens is 272 g/mol. The van der Waals surface area contributed by atoms with E-state index in [0.29, 0.717) is 10.5 Å². The van der Waals surface area contributed by atoms with Gasteiger partial charge in [0.05, 0.1) is 10.5 Å². The monoisotopic (exact) mass is 282 g/mol. The van der Waals surface area contributed by atoms with Gasteiger partial charge in [-0.2, -0.15) is 0 Å². The van der Waals surface area contributed by atoms with E-state index in [1.165, 1.54) is 22.3 Å². The Morgan fingerprint density at radius 3 is 2.63 bits per heavy atom. The maximum Gasteiger partial charge on any atom is 0.0565 e. The van der Waals surface area contributed by atoms with Crippen molar-refractivity contribution < 1.29 is 0 Å². The van der Waals surface area contributed by atoms with Crippen molar-refractivity contribution in [3.8, 4) is 0 Å². The molecular formula is C17H11ClS. The molecule has 1 aliphatic carbocycles. The first-order chi connectivity index (χ1) is 9.33. The highest BCUT2D eigenvalue weighted by Crippen LogP contribution is 2.68. The number of hydrogen-bond acceptors (Lipinski definition) is 1. The molecule has 0 radical (unpaired) electrons. The summed E-state index contributed by atoms with van der Waals surface area (Å²) in [5, 5.41) is 2.00. The topological polar surface area (TPSA) is 0 Å². The lowest BCUT2D eigenvalue weighted by Crippen LogP contribution is -2.00. The van der Waals surface area contributed by atoms with Gasteiger partial charge in [-0.15, -0.1) is 11.8 Å². The molecule has 0 amide bonds. The Hall–Kier alpha value is -1.18. The van der Waals surface area contributed by atoms with Gasteiger partial charge < -0.3 is 0 Å². The Kier molecular flexibility index (Phi) is 1.93. The number of fused-ring (bicyclic) bond motifs is 9. The number of halogens is 1. The van der Waals surface area contributed by atoms with Crippen molar-refractivity contribution in [3.63, 3.8) is 0 Å². The quantitative estimate of drug-likeness (QED) is 0.640. The molecule has 2 aromatic carbocycles. The second-order valence-electron chi connectivity index (χ2n) is 5.44. The van der Waals surface area contributed by atoms with Gasteiger partial charge in [-0.3, -0.25) is 0 Å². The molecule has 2 bridgehead atoms. The van der Waals surface area contributed by atoms with E-state index in [0.717, 1.165) is 11.4 Å². The zero-order valence-electron chi connectivity index (χ0n) is 10.2. The van der Waals surface area contributed by atoms with Crippen molar-refractivity contribution in [2.45, 2.75) is 16.9 Å². The summed E-state index contributed by atoms with van der Waals surface area (Å²) in [4.78, 5) is 0. The van der Waals surface area contributed by atoms with Crippen LogP contribution < -0.4 is 0 Å². The summed E-state index contributed by atoms with van der Waals surface area (Å²) < 4.78 is 0. The minimum absolute atomic E-state index is 0.554. The summed E-state index contributed by atoms with van der Waals surface area (Å²) in [5.41, 5.74) is 9.13. The highest BCUT2D eigenvalue weighted by atomic mass is 35.5. The molecule has 0 fully saturated rings. The van der Waals surface area contributed by atoms with Gasteiger partial charge >= 0.3 is 0 Å². The summed E-state index contributed by atoms with van der Waals surface area (Å²) in [7, 11) is 0. The van der Waals surface area contributed by atoms with Crippen LogP contribution in [0.1, 0.15) is 32.8 Å². The van der Waals surface area contributed by atoms with Crippen LogP contribution in [-0.4, -0.2) is 0 Å². The predicted molar refractivity (Wildman–Crippen MR) is 81.6 cm³/mol. The highest BCUT2D eigenvalue weighted by Gasteiger charge is 2.46. The maximum atomic E-state index is 6.13. The van der Waals surface area contributed by atoms with Gasteiger partial charge in [-0.25, -0.2) is 0 Å². The van der Waals surface area contributed by atoms with Gasteiger partial charge in [0.25, 0.3) is 0 Å². The van der Waals surface area contributed by atoms with Crippen molar-refractivity contribution in [1.29, 1.82) is 0 Å². The molecule has 19 heavy (non-hydrogen) atoms. The molecule has 2 aliphatic heterocycles. The molecule has 0 spiro atoms. The molecule has 2 heterocycles. The van der Waals surface area contributed by atoms with Crippen molar-refractivity contribution in [1.82, 2.24) is 0 Å². The fraction of sp³-hybridized carbons (Fsp3) is 0.176. The third-order valence-corrected chi connectivity index (χ3v) is 6.30. The van der Waals surface area contributed by atoms with E-state index >= 15 is 0 Å². The molecule has 0 N–H and O–H groups in total. The Labute approximate surface area is 121 Å². The normalized spacial score (nSPS) is 25.5. The Balaban J connectivity index is 1.73. The van der Waals surface area contributed by atoms with Gasteiger partial charge in [-0.1, -0.05) is 41.9 Å². The largest absolute Gasteiger partial charge is 0.136 e. The first kappa shape index (κ1) is 10.6. The first-order valence-electron chi connectivity index (χ1n) is 6.59. The average molecular weight is 283 g/mol. The van der Waals surface area contributed by atoms with E-state index in [1.54, 1.807) is 11.1 Å². The van der Waals surface area contributed by atoms with Gasteiger partial charge in [0.15, 0.2) is 0 Å². The van der Waals surface area contributed by atoms with E-state index < -0.39 is 0 Å². The predicted octanol–water partition coefficient (Wildman–Crippen LogP) is 5.19. The molecule has 92 valence electrons. The van der Waals surface area contributed by atoms with Gasteiger partial charge in [0.2, 0.25) is 0 Å². The molecule has 0 saturated heterocycles. The standard InChI is InChI=1S/C17H11ClS/c18-10-5-6-11-9(7-10)8-14-15(11)17-13-4-2-1-3-12(13)16(14)19-17/h1-7,16-17H,8H2. The minimum Gasteiger partial charge on any atom is -0.136 e. The van der Waals surface area contributed by atoms with Crippen molar-refractivity contribution >= 4 is 28.9 Å². The van der Waals surface area contributed by atoms with Gasteiger partial charge in [0, 0.05) is 5.02 Å². The summed E-state index contributed by atoms with van der Waals surface area (Å²) in [5.74, 6) is 0. The lowest BCUT2D eigenvalue weighted by molar-refractivity contribution is 1.03. The number of thioether (sulfide) groups is 1. The van der Waals surface area contributed by atoms with Crippen LogP contribution in [-0.2, 0) is 6.42 Å². The highest BCUT2D eigenvalue weighted by molar-refractivity contribution is 8.01. The Morgan fingerprint density at radius 1 is 1.00 bits per heavy atom. The van der Waals surface area contributed by atoms with Gasteiger partial charge in [-0.05, 0) is 52.0 Å². The SMILES string of the molecule is Clc1ccc2c(c1)CC1=C2C2SC1c1ccccc12. The van der Waals surface area contributed by atoms with E-state index in [9.17, 15) is 0 Å². The first-order valence-corrected chi connectivity index (χ1v) is 7.91. The fourth-order valence-corrected chi connectivity index (χ4v) is 5.73. The molecule has 0 saturated carbocycles. The molecule has 2 heteroatoms. The zero-order valence-corrected chi connectivity index (χ0v) is 11.8. The van der Waals surface area contributed by atoms with Crippen LogP contribution in [0.2, 0.25) is 5.02 Å². The van der Waals surface area contributed by atoms with Gasteiger partial charge in [0.1, 0.15) is 0 Å². The Bertz CT molecular complexity index is 760.